The third-order valence-corrected chi connectivity index (χ3v) is 3.07. The van der Waals surface area contributed by atoms with Crippen LogP contribution in [0, 0.1) is 0 Å². The average Bonchev–Trinajstić information content (AvgIpc) is 2.47. The van der Waals surface area contributed by atoms with Crippen LogP contribution in [0.5, 0.6) is 5.75 Å². The Morgan fingerprint density at radius 2 is 2.16 bits per heavy atom. The summed E-state index contributed by atoms with van der Waals surface area (Å²) in [6, 6.07) is 6.88. The number of aliphatic hydroxyl groups excluding tert-OH is 1. The second kappa shape index (κ2) is 6.54. The Morgan fingerprint density at radius 1 is 1.42 bits per heavy atom. The predicted molar refractivity (Wildman–Crippen MR) is 67.9 cm³/mol. The Kier molecular flexibility index (Phi) is 4.76. The van der Waals surface area contributed by atoms with Crippen molar-refractivity contribution in [1.82, 2.24) is 0 Å². The smallest absolute Gasteiger partial charge is 0.339 e. The van der Waals surface area contributed by atoms with E-state index in [9.17, 15) is 9.90 Å². The van der Waals surface area contributed by atoms with Gasteiger partial charge in [0.25, 0.3) is 0 Å². The summed E-state index contributed by atoms with van der Waals surface area (Å²) in [7, 11) is 1.24. The lowest BCUT2D eigenvalue weighted by Gasteiger charge is -2.23. The first-order valence-corrected chi connectivity index (χ1v) is 6.31. The van der Waals surface area contributed by atoms with Gasteiger partial charge in [0.15, 0.2) is 6.10 Å². The van der Waals surface area contributed by atoms with Crippen molar-refractivity contribution in [1.29, 1.82) is 0 Å². The van der Waals surface area contributed by atoms with Crippen molar-refractivity contribution >= 4 is 5.97 Å². The summed E-state index contributed by atoms with van der Waals surface area (Å²) in [5.74, 6) is -0.0319. The molecule has 1 unspecified atom stereocenters. The van der Waals surface area contributed by atoms with Crippen LogP contribution in [0.25, 0.3) is 0 Å². The highest BCUT2D eigenvalue weighted by molar-refractivity contribution is 5.76. The minimum atomic E-state index is -1.27. The molecule has 1 aliphatic heterocycles. The Balaban J connectivity index is 2.03. The molecule has 1 fully saturated rings. The third kappa shape index (κ3) is 3.68. The van der Waals surface area contributed by atoms with Crippen LogP contribution in [0.15, 0.2) is 24.3 Å². The van der Waals surface area contributed by atoms with Crippen molar-refractivity contribution in [2.75, 3.05) is 20.3 Å². The molecule has 0 saturated carbocycles. The highest BCUT2D eigenvalue weighted by Gasteiger charge is 2.19. The maximum Gasteiger partial charge on any atom is 0.339 e. The van der Waals surface area contributed by atoms with E-state index < -0.39 is 12.1 Å². The lowest BCUT2D eigenvalue weighted by molar-refractivity contribution is -0.150. The number of carbonyl (C=O) groups excluding carboxylic acids is 1. The van der Waals surface area contributed by atoms with Crippen LogP contribution in [-0.4, -0.2) is 37.5 Å². The van der Waals surface area contributed by atoms with Gasteiger partial charge in [-0.25, -0.2) is 4.79 Å². The number of hydrogen-bond acceptors (Lipinski definition) is 5. The van der Waals surface area contributed by atoms with Crippen LogP contribution in [0.3, 0.4) is 0 Å². The predicted octanol–water partition coefficient (Wildman–Crippen LogP) is 1.45. The van der Waals surface area contributed by atoms with Crippen LogP contribution >= 0.6 is 0 Å². The molecule has 1 aliphatic rings. The molecule has 1 aromatic carbocycles. The van der Waals surface area contributed by atoms with E-state index in [1.165, 1.54) is 7.11 Å². The fraction of sp³-hybridized carbons (Fsp3) is 0.500. The topological polar surface area (TPSA) is 65.0 Å². The number of esters is 1. The molecule has 0 radical (unpaired) electrons. The Hall–Kier alpha value is -1.59. The molecule has 5 nitrogen and oxygen atoms in total. The molecule has 104 valence electrons. The molecular formula is C14H18O5. The van der Waals surface area contributed by atoms with Gasteiger partial charge < -0.3 is 19.3 Å². The van der Waals surface area contributed by atoms with Crippen LogP contribution in [-0.2, 0) is 14.3 Å². The summed E-state index contributed by atoms with van der Waals surface area (Å²) in [5, 5.41) is 9.77. The minimum absolute atomic E-state index is 0.124. The van der Waals surface area contributed by atoms with Gasteiger partial charge in [0.1, 0.15) is 11.9 Å². The molecule has 5 heteroatoms. The minimum Gasteiger partial charge on any atom is -0.490 e. The largest absolute Gasteiger partial charge is 0.490 e. The van der Waals surface area contributed by atoms with Crippen LogP contribution in [0.1, 0.15) is 24.5 Å². The first kappa shape index (κ1) is 13.8. The molecule has 1 heterocycles. The number of aliphatic hydroxyl groups is 1. The fourth-order valence-electron chi connectivity index (χ4n) is 1.99. The van der Waals surface area contributed by atoms with Gasteiger partial charge in [-0.3, -0.25) is 0 Å². The SMILES string of the molecule is COC(=O)C(O)c1cccc(OC2CCOCC2)c1. The van der Waals surface area contributed by atoms with Gasteiger partial charge in [-0.1, -0.05) is 12.1 Å². The molecule has 0 bridgehead atoms. The van der Waals surface area contributed by atoms with Gasteiger partial charge in [-0.05, 0) is 17.7 Å². The van der Waals surface area contributed by atoms with E-state index in [0.29, 0.717) is 24.5 Å². The summed E-state index contributed by atoms with van der Waals surface area (Å²) < 4.78 is 15.6. The normalized spacial score (nSPS) is 17.8. The Labute approximate surface area is 112 Å². The summed E-state index contributed by atoms with van der Waals surface area (Å²) >= 11 is 0. The van der Waals surface area contributed by atoms with Gasteiger partial charge in [0.05, 0.1) is 20.3 Å². The number of methoxy groups -OCH3 is 1. The summed E-state index contributed by atoms with van der Waals surface area (Å²) in [6.07, 6.45) is 0.551. The molecule has 0 aliphatic carbocycles. The molecule has 1 N–H and O–H groups in total. The zero-order chi connectivity index (χ0) is 13.7. The second-order valence-electron chi connectivity index (χ2n) is 4.43. The molecule has 1 atom stereocenters. The molecular weight excluding hydrogens is 248 g/mol. The Bertz CT molecular complexity index is 426. The number of benzene rings is 1. The van der Waals surface area contributed by atoms with Gasteiger partial charge in [0, 0.05) is 12.8 Å². The molecule has 2 rings (SSSR count). The highest BCUT2D eigenvalue weighted by atomic mass is 16.5. The van der Waals surface area contributed by atoms with Crippen LogP contribution in [0.4, 0.5) is 0 Å². The molecule has 0 spiro atoms. The van der Waals surface area contributed by atoms with Gasteiger partial charge >= 0.3 is 5.97 Å². The molecule has 1 aromatic rings. The van der Waals surface area contributed by atoms with E-state index in [1.807, 2.05) is 6.07 Å². The summed E-state index contributed by atoms with van der Waals surface area (Å²) in [5.41, 5.74) is 0.469. The number of hydrogen-bond donors (Lipinski definition) is 1. The van der Waals surface area contributed by atoms with E-state index in [4.69, 9.17) is 9.47 Å². The second-order valence-corrected chi connectivity index (χ2v) is 4.43. The van der Waals surface area contributed by atoms with E-state index in [0.717, 1.165) is 12.8 Å². The lowest BCUT2D eigenvalue weighted by atomic mass is 10.1. The fourth-order valence-corrected chi connectivity index (χ4v) is 1.99. The van der Waals surface area contributed by atoms with Gasteiger partial charge in [0.2, 0.25) is 0 Å². The number of ether oxygens (including phenoxy) is 3. The maximum absolute atomic E-state index is 11.3. The maximum atomic E-state index is 11.3. The lowest BCUT2D eigenvalue weighted by Crippen LogP contribution is -2.26. The average molecular weight is 266 g/mol. The Morgan fingerprint density at radius 3 is 2.84 bits per heavy atom. The quantitative estimate of drug-likeness (QED) is 0.836. The van der Waals surface area contributed by atoms with Crippen molar-refractivity contribution in [2.45, 2.75) is 25.0 Å². The van der Waals surface area contributed by atoms with E-state index in [-0.39, 0.29) is 6.10 Å². The molecule has 19 heavy (non-hydrogen) atoms. The van der Waals surface area contributed by atoms with Crippen molar-refractivity contribution in [2.24, 2.45) is 0 Å². The van der Waals surface area contributed by atoms with Gasteiger partial charge in [-0.15, -0.1) is 0 Å². The molecule has 1 saturated heterocycles. The van der Waals surface area contributed by atoms with Crippen molar-refractivity contribution in [3.63, 3.8) is 0 Å². The van der Waals surface area contributed by atoms with Crippen molar-refractivity contribution in [3.8, 4) is 5.75 Å². The van der Waals surface area contributed by atoms with Crippen LogP contribution in [0.2, 0.25) is 0 Å². The van der Waals surface area contributed by atoms with Gasteiger partial charge in [-0.2, -0.15) is 0 Å². The zero-order valence-electron chi connectivity index (χ0n) is 10.9. The number of rotatable bonds is 4. The third-order valence-electron chi connectivity index (χ3n) is 3.07. The number of carbonyl (C=O) groups is 1. The molecule has 0 amide bonds. The zero-order valence-corrected chi connectivity index (χ0v) is 10.9. The van der Waals surface area contributed by atoms with Crippen LogP contribution < -0.4 is 4.74 Å². The van der Waals surface area contributed by atoms with Crippen molar-refractivity contribution in [3.05, 3.63) is 29.8 Å². The van der Waals surface area contributed by atoms with E-state index >= 15 is 0 Å². The summed E-state index contributed by atoms with van der Waals surface area (Å²) in [4.78, 5) is 11.3. The highest BCUT2D eigenvalue weighted by Crippen LogP contribution is 2.23. The monoisotopic (exact) mass is 266 g/mol. The van der Waals surface area contributed by atoms with E-state index in [1.54, 1.807) is 18.2 Å². The first-order chi connectivity index (χ1) is 9.20. The summed E-state index contributed by atoms with van der Waals surface area (Å²) in [6.45, 7) is 1.41. The van der Waals surface area contributed by atoms with Crippen molar-refractivity contribution < 1.29 is 24.1 Å². The molecule has 0 aromatic heterocycles. The first-order valence-electron chi connectivity index (χ1n) is 6.31. The standard InChI is InChI=1S/C14H18O5/c1-17-14(16)13(15)10-3-2-4-12(9-10)19-11-5-7-18-8-6-11/h2-4,9,11,13,15H,5-8H2,1H3. The van der Waals surface area contributed by atoms with E-state index in [2.05, 4.69) is 4.74 Å².